The Morgan fingerprint density at radius 3 is 2.80 bits per heavy atom. The minimum Gasteiger partial charge on any atom is -0.467 e. The first-order chi connectivity index (χ1) is 9.32. The molecule has 20 heavy (non-hydrogen) atoms. The fourth-order valence-electron chi connectivity index (χ4n) is 2.42. The molecule has 0 spiro atoms. The van der Waals surface area contributed by atoms with Gasteiger partial charge in [-0.1, -0.05) is 20.8 Å². The zero-order valence-corrected chi connectivity index (χ0v) is 12.1. The van der Waals surface area contributed by atoms with E-state index in [0.29, 0.717) is 36.8 Å². The Labute approximate surface area is 118 Å². The molecule has 1 unspecified atom stereocenters. The average molecular weight is 279 g/mol. The molecule has 1 aliphatic rings. The Bertz CT molecular complexity index is 516. The van der Waals surface area contributed by atoms with Gasteiger partial charge in [0.25, 0.3) is 5.91 Å². The number of nitrogens with one attached hydrogen (secondary N) is 1. The van der Waals surface area contributed by atoms with E-state index in [1.165, 1.54) is 6.26 Å². The van der Waals surface area contributed by atoms with Crippen LogP contribution in [0.4, 0.5) is 0 Å². The Hall–Kier alpha value is -1.82. The lowest BCUT2D eigenvalue weighted by Crippen LogP contribution is -2.32. The van der Waals surface area contributed by atoms with Gasteiger partial charge in [-0.25, -0.2) is 5.84 Å². The molecule has 0 bridgehead atoms. The molecule has 2 rings (SSSR count). The van der Waals surface area contributed by atoms with Crippen LogP contribution in [0.15, 0.2) is 16.7 Å². The van der Waals surface area contributed by atoms with Gasteiger partial charge in [-0.2, -0.15) is 0 Å². The van der Waals surface area contributed by atoms with Crippen LogP contribution in [0, 0.1) is 11.3 Å². The first-order valence-corrected chi connectivity index (χ1v) is 6.68. The smallest absolute Gasteiger partial charge is 0.268 e. The SMILES string of the molecule is CC(C)(C)C1CC(=O)N(Cc2occc2C(=O)NN)C1. The summed E-state index contributed by atoms with van der Waals surface area (Å²) >= 11 is 0. The van der Waals surface area contributed by atoms with Crippen molar-refractivity contribution in [3.63, 3.8) is 0 Å². The number of carbonyl (C=O) groups is 2. The van der Waals surface area contributed by atoms with Crippen LogP contribution in [-0.4, -0.2) is 23.3 Å². The minimum absolute atomic E-state index is 0.0883. The molecule has 2 amide bonds. The number of hydrogen-bond donors (Lipinski definition) is 2. The summed E-state index contributed by atoms with van der Waals surface area (Å²) in [6.07, 6.45) is 1.98. The highest BCUT2D eigenvalue weighted by atomic mass is 16.3. The first kappa shape index (κ1) is 14.6. The van der Waals surface area contributed by atoms with Crippen molar-refractivity contribution in [2.24, 2.45) is 17.2 Å². The van der Waals surface area contributed by atoms with Gasteiger partial charge >= 0.3 is 0 Å². The largest absolute Gasteiger partial charge is 0.467 e. The van der Waals surface area contributed by atoms with Gasteiger partial charge in [-0.3, -0.25) is 15.0 Å². The molecular weight excluding hydrogens is 258 g/mol. The molecule has 0 aromatic carbocycles. The van der Waals surface area contributed by atoms with Crippen LogP contribution in [0.1, 0.15) is 43.3 Å². The maximum atomic E-state index is 12.1. The lowest BCUT2D eigenvalue weighted by atomic mass is 9.80. The van der Waals surface area contributed by atoms with Gasteiger partial charge in [0.2, 0.25) is 5.91 Å². The molecule has 110 valence electrons. The highest BCUT2D eigenvalue weighted by molar-refractivity contribution is 5.94. The van der Waals surface area contributed by atoms with E-state index in [9.17, 15) is 9.59 Å². The number of nitrogens with zero attached hydrogens (tertiary/aromatic N) is 1. The summed E-state index contributed by atoms with van der Waals surface area (Å²) in [5.41, 5.74) is 2.54. The molecule has 1 atom stereocenters. The number of nitrogens with two attached hydrogens (primary N) is 1. The van der Waals surface area contributed by atoms with E-state index >= 15 is 0 Å². The number of rotatable bonds is 3. The quantitative estimate of drug-likeness (QED) is 0.495. The second kappa shape index (κ2) is 5.28. The van der Waals surface area contributed by atoms with E-state index in [-0.39, 0.29) is 11.3 Å². The van der Waals surface area contributed by atoms with Crippen LogP contribution >= 0.6 is 0 Å². The fraction of sp³-hybridized carbons (Fsp3) is 0.571. The Balaban J connectivity index is 2.10. The lowest BCUT2D eigenvalue weighted by Gasteiger charge is -2.26. The number of furan rings is 1. The molecule has 1 aliphatic heterocycles. The van der Waals surface area contributed by atoms with E-state index in [4.69, 9.17) is 10.3 Å². The van der Waals surface area contributed by atoms with Crippen LogP contribution in [0.3, 0.4) is 0 Å². The number of hydrazine groups is 1. The molecular formula is C14H21N3O3. The van der Waals surface area contributed by atoms with Crippen molar-refractivity contribution in [1.82, 2.24) is 10.3 Å². The van der Waals surface area contributed by atoms with Gasteiger partial charge < -0.3 is 9.32 Å². The standard InChI is InChI=1S/C14H21N3O3/c1-14(2,3)9-6-12(18)17(7-9)8-11-10(4-5-20-11)13(19)16-15/h4-5,9H,6-8,15H2,1-3H3,(H,16,19). The molecule has 1 aromatic rings. The van der Waals surface area contributed by atoms with Crippen molar-refractivity contribution in [2.75, 3.05) is 6.54 Å². The summed E-state index contributed by atoms with van der Waals surface area (Å²) in [7, 11) is 0. The van der Waals surface area contributed by atoms with Crippen LogP contribution < -0.4 is 11.3 Å². The second-order valence-corrected chi connectivity index (χ2v) is 6.27. The third-order valence-electron chi connectivity index (χ3n) is 3.89. The molecule has 1 aromatic heterocycles. The number of likely N-dealkylation sites (tertiary alicyclic amines) is 1. The van der Waals surface area contributed by atoms with E-state index in [0.717, 1.165) is 0 Å². The average Bonchev–Trinajstić information content (AvgIpc) is 2.96. The van der Waals surface area contributed by atoms with Gasteiger partial charge in [-0.15, -0.1) is 0 Å². The Kier molecular flexibility index (Phi) is 3.85. The number of amides is 2. The molecule has 6 nitrogen and oxygen atoms in total. The second-order valence-electron chi connectivity index (χ2n) is 6.27. The molecule has 3 N–H and O–H groups in total. The van der Waals surface area contributed by atoms with E-state index in [1.807, 2.05) is 0 Å². The maximum absolute atomic E-state index is 12.1. The molecule has 1 saturated heterocycles. The molecule has 2 heterocycles. The van der Waals surface area contributed by atoms with Crippen LogP contribution in [0.25, 0.3) is 0 Å². The third kappa shape index (κ3) is 2.85. The van der Waals surface area contributed by atoms with Crippen LogP contribution in [-0.2, 0) is 11.3 Å². The Morgan fingerprint density at radius 1 is 1.55 bits per heavy atom. The molecule has 0 radical (unpaired) electrons. The zero-order chi connectivity index (χ0) is 14.9. The summed E-state index contributed by atoms with van der Waals surface area (Å²) in [5, 5.41) is 0. The number of nitrogen functional groups attached to an aromatic ring is 1. The molecule has 6 heteroatoms. The molecule has 0 aliphatic carbocycles. The number of hydrogen-bond acceptors (Lipinski definition) is 4. The van der Waals surface area contributed by atoms with Crippen molar-refractivity contribution >= 4 is 11.8 Å². The van der Waals surface area contributed by atoms with Gasteiger partial charge in [0.1, 0.15) is 5.76 Å². The van der Waals surface area contributed by atoms with Gasteiger partial charge in [0.15, 0.2) is 0 Å². The van der Waals surface area contributed by atoms with Crippen molar-refractivity contribution in [3.05, 3.63) is 23.7 Å². The summed E-state index contributed by atoms with van der Waals surface area (Å²) in [6, 6.07) is 1.55. The van der Waals surface area contributed by atoms with Crippen molar-refractivity contribution in [2.45, 2.75) is 33.7 Å². The van der Waals surface area contributed by atoms with Crippen molar-refractivity contribution < 1.29 is 14.0 Å². The molecule has 0 saturated carbocycles. The summed E-state index contributed by atoms with van der Waals surface area (Å²) in [4.78, 5) is 25.4. The van der Waals surface area contributed by atoms with Crippen molar-refractivity contribution in [1.29, 1.82) is 0 Å². The highest BCUT2D eigenvalue weighted by Crippen LogP contribution is 2.35. The van der Waals surface area contributed by atoms with Gasteiger partial charge in [0.05, 0.1) is 18.4 Å². The van der Waals surface area contributed by atoms with E-state index in [1.54, 1.807) is 11.0 Å². The normalized spacial score (nSPS) is 19.5. The van der Waals surface area contributed by atoms with Crippen LogP contribution in [0.5, 0.6) is 0 Å². The van der Waals surface area contributed by atoms with Crippen molar-refractivity contribution in [3.8, 4) is 0 Å². The highest BCUT2D eigenvalue weighted by Gasteiger charge is 2.37. The Morgan fingerprint density at radius 2 is 2.25 bits per heavy atom. The van der Waals surface area contributed by atoms with Gasteiger partial charge in [0, 0.05) is 13.0 Å². The monoisotopic (exact) mass is 279 g/mol. The lowest BCUT2D eigenvalue weighted by molar-refractivity contribution is -0.128. The summed E-state index contributed by atoms with van der Waals surface area (Å²) < 4.78 is 5.31. The van der Waals surface area contributed by atoms with E-state index < -0.39 is 5.91 Å². The predicted octanol–water partition coefficient (Wildman–Crippen LogP) is 1.28. The predicted molar refractivity (Wildman–Crippen MR) is 73.3 cm³/mol. The zero-order valence-electron chi connectivity index (χ0n) is 12.1. The van der Waals surface area contributed by atoms with Crippen LogP contribution in [0.2, 0.25) is 0 Å². The fourth-order valence-corrected chi connectivity index (χ4v) is 2.42. The number of carbonyl (C=O) groups excluding carboxylic acids is 2. The summed E-state index contributed by atoms with van der Waals surface area (Å²) in [6.45, 7) is 7.39. The third-order valence-corrected chi connectivity index (χ3v) is 3.89. The minimum atomic E-state index is -0.409. The van der Waals surface area contributed by atoms with E-state index in [2.05, 4.69) is 26.2 Å². The maximum Gasteiger partial charge on any atom is 0.268 e. The molecule has 1 fully saturated rings. The first-order valence-electron chi connectivity index (χ1n) is 6.68. The topological polar surface area (TPSA) is 88.6 Å². The van der Waals surface area contributed by atoms with Gasteiger partial charge in [-0.05, 0) is 17.4 Å². The summed E-state index contributed by atoms with van der Waals surface area (Å²) in [5.74, 6) is 5.60.